The molecule has 0 saturated heterocycles. The molecular weight excluding hydrogens is 242 g/mol. The van der Waals surface area contributed by atoms with Gasteiger partial charge in [0.25, 0.3) is 0 Å². The Kier molecular flexibility index (Phi) is 7.41. The van der Waals surface area contributed by atoms with Gasteiger partial charge in [-0.25, -0.2) is 0 Å². The Bertz CT molecular complexity index is 205. The molecule has 0 aromatic rings. The first-order valence-corrected chi connectivity index (χ1v) is 8.25. The van der Waals surface area contributed by atoms with Crippen molar-refractivity contribution >= 4 is 8.80 Å². The third-order valence-electron chi connectivity index (χ3n) is 2.80. The van der Waals surface area contributed by atoms with Crippen molar-refractivity contribution in [3.8, 4) is 0 Å². The van der Waals surface area contributed by atoms with Gasteiger partial charge >= 0.3 is 103 Å². The van der Waals surface area contributed by atoms with Gasteiger partial charge in [-0.15, -0.1) is 0 Å². The quantitative estimate of drug-likeness (QED) is 0.254. The van der Waals surface area contributed by atoms with Crippen molar-refractivity contribution in [2.75, 3.05) is 20.8 Å². The van der Waals surface area contributed by atoms with Gasteiger partial charge in [0.15, 0.2) is 0 Å². The van der Waals surface area contributed by atoms with Gasteiger partial charge in [-0.1, -0.05) is 0 Å². The fourth-order valence-corrected chi connectivity index (χ4v) is 2.35. The summed E-state index contributed by atoms with van der Waals surface area (Å²) in [6.07, 6.45) is 1.22. The molecule has 106 valence electrons. The Hall–Kier alpha value is -0.0231. The van der Waals surface area contributed by atoms with Gasteiger partial charge in [-0.2, -0.15) is 0 Å². The van der Waals surface area contributed by atoms with Crippen molar-refractivity contribution in [1.29, 1.82) is 0 Å². The summed E-state index contributed by atoms with van der Waals surface area (Å²) in [6.45, 7) is 4.48. The Morgan fingerprint density at radius 2 is 1.76 bits per heavy atom. The van der Waals surface area contributed by atoms with Crippen LogP contribution in [0.3, 0.4) is 0 Å². The molecule has 0 saturated carbocycles. The summed E-state index contributed by atoms with van der Waals surface area (Å²) < 4.78 is 10.5. The normalized spacial score (nSPS) is 15.9. The van der Waals surface area contributed by atoms with Crippen molar-refractivity contribution in [2.45, 2.75) is 44.6 Å². The summed E-state index contributed by atoms with van der Waals surface area (Å²) in [5.74, 6) is -0.613. The standard InChI is InChI=1S/C10H26NO5Si/c1-9(8-10(2,15-3)16-4)11-6-5-7-17(12,13)14/h9,11-14,17H,5-8H2,1-4H3/q-1. The van der Waals surface area contributed by atoms with E-state index in [0.29, 0.717) is 19.4 Å². The Balaban J connectivity index is 3.76. The van der Waals surface area contributed by atoms with E-state index in [1.807, 2.05) is 13.8 Å². The summed E-state index contributed by atoms with van der Waals surface area (Å²) in [4.78, 5) is 26.6. The average Bonchev–Trinajstić information content (AvgIpc) is 2.23. The number of ether oxygens (including phenoxy) is 2. The molecule has 7 heteroatoms. The third kappa shape index (κ3) is 8.67. The SMILES string of the molecule is COC(C)(CC(C)NCCC[SiH-](O)(O)O)OC. The fraction of sp³-hybridized carbons (Fsp3) is 1.00. The van der Waals surface area contributed by atoms with Crippen molar-refractivity contribution in [3.05, 3.63) is 0 Å². The Morgan fingerprint density at radius 3 is 2.18 bits per heavy atom. The number of hydrogen-bond donors (Lipinski definition) is 4. The molecule has 1 atom stereocenters. The molecule has 0 fully saturated rings. The van der Waals surface area contributed by atoms with Crippen LogP contribution in [-0.4, -0.2) is 55.8 Å². The Morgan fingerprint density at radius 1 is 1.24 bits per heavy atom. The molecule has 0 aliphatic rings. The molecule has 0 bridgehead atoms. The van der Waals surface area contributed by atoms with E-state index in [4.69, 9.17) is 23.9 Å². The molecule has 0 aromatic heterocycles. The zero-order valence-corrected chi connectivity index (χ0v) is 12.3. The molecule has 17 heavy (non-hydrogen) atoms. The zero-order valence-electron chi connectivity index (χ0n) is 11.1. The first-order chi connectivity index (χ1) is 7.72. The molecule has 0 amide bonds. The molecule has 6 nitrogen and oxygen atoms in total. The molecule has 0 heterocycles. The second-order valence-electron chi connectivity index (χ2n) is 4.64. The van der Waals surface area contributed by atoms with Crippen LogP contribution < -0.4 is 5.32 Å². The fourth-order valence-electron chi connectivity index (χ4n) is 1.60. The number of hydrogen-bond acceptors (Lipinski definition) is 6. The average molecular weight is 268 g/mol. The summed E-state index contributed by atoms with van der Waals surface area (Å²) in [7, 11) is -0.945. The van der Waals surface area contributed by atoms with Crippen LogP contribution in [0, 0.1) is 0 Å². The van der Waals surface area contributed by atoms with E-state index in [1.165, 1.54) is 0 Å². The molecule has 0 rings (SSSR count). The second kappa shape index (κ2) is 7.42. The predicted molar refractivity (Wildman–Crippen MR) is 67.7 cm³/mol. The monoisotopic (exact) mass is 268 g/mol. The van der Waals surface area contributed by atoms with Gasteiger partial charge in [0.1, 0.15) is 0 Å². The van der Waals surface area contributed by atoms with Crippen LogP contribution in [0.5, 0.6) is 0 Å². The van der Waals surface area contributed by atoms with Crippen LogP contribution in [-0.2, 0) is 9.47 Å². The molecule has 0 aromatic carbocycles. The topological polar surface area (TPSA) is 91.2 Å². The minimum atomic E-state index is -4.14. The van der Waals surface area contributed by atoms with Crippen molar-refractivity contribution < 1.29 is 23.9 Å². The maximum atomic E-state index is 8.86. The van der Waals surface area contributed by atoms with E-state index < -0.39 is 14.6 Å². The van der Waals surface area contributed by atoms with Gasteiger partial charge in [-0.3, -0.25) is 0 Å². The van der Waals surface area contributed by atoms with Gasteiger partial charge in [0, 0.05) is 0 Å². The first kappa shape index (κ1) is 17.0. The summed E-state index contributed by atoms with van der Waals surface area (Å²) in [5.41, 5.74) is 0. The van der Waals surface area contributed by atoms with Crippen LogP contribution in [0.4, 0.5) is 0 Å². The second-order valence-corrected chi connectivity index (χ2v) is 7.00. The summed E-state index contributed by atoms with van der Waals surface area (Å²) >= 11 is 0. The number of rotatable bonds is 9. The van der Waals surface area contributed by atoms with Crippen LogP contribution in [0.1, 0.15) is 26.7 Å². The van der Waals surface area contributed by atoms with Gasteiger partial charge in [-0.05, 0) is 0 Å². The van der Waals surface area contributed by atoms with E-state index in [1.54, 1.807) is 14.2 Å². The van der Waals surface area contributed by atoms with E-state index in [-0.39, 0.29) is 12.1 Å². The van der Waals surface area contributed by atoms with Crippen molar-refractivity contribution in [1.82, 2.24) is 5.32 Å². The van der Waals surface area contributed by atoms with Crippen molar-refractivity contribution in [2.24, 2.45) is 0 Å². The minimum absolute atomic E-state index is 0.0819. The van der Waals surface area contributed by atoms with Crippen LogP contribution in [0.25, 0.3) is 0 Å². The van der Waals surface area contributed by atoms with E-state index in [2.05, 4.69) is 5.32 Å². The molecule has 1 unspecified atom stereocenters. The Labute approximate surface area is 104 Å². The van der Waals surface area contributed by atoms with E-state index in [9.17, 15) is 0 Å². The van der Waals surface area contributed by atoms with E-state index >= 15 is 0 Å². The molecular formula is C10H26NO5Si-. The maximum absolute atomic E-state index is 8.86. The molecule has 0 radical (unpaired) electrons. The molecule has 4 N–H and O–H groups in total. The summed E-state index contributed by atoms with van der Waals surface area (Å²) in [6, 6.07) is 0.258. The van der Waals surface area contributed by atoms with Crippen LogP contribution in [0.2, 0.25) is 6.04 Å². The van der Waals surface area contributed by atoms with E-state index in [0.717, 1.165) is 0 Å². The first-order valence-electron chi connectivity index (χ1n) is 5.89. The zero-order chi connectivity index (χ0) is 13.5. The van der Waals surface area contributed by atoms with Gasteiger partial charge in [0.05, 0.1) is 0 Å². The molecule has 0 spiro atoms. The number of nitrogens with one attached hydrogen (secondary N) is 1. The summed E-state index contributed by atoms with van der Waals surface area (Å²) in [5, 5.41) is 3.21. The molecule has 0 aliphatic heterocycles. The molecule has 0 aliphatic carbocycles. The van der Waals surface area contributed by atoms with Gasteiger partial charge in [0.2, 0.25) is 0 Å². The van der Waals surface area contributed by atoms with Gasteiger partial charge < -0.3 is 0 Å². The predicted octanol–water partition coefficient (Wildman–Crippen LogP) is -0.598. The van der Waals surface area contributed by atoms with Crippen LogP contribution in [0.15, 0.2) is 0 Å². The van der Waals surface area contributed by atoms with Crippen LogP contribution >= 0.6 is 0 Å². The third-order valence-corrected chi connectivity index (χ3v) is 3.98. The number of methoxy groups -OCH3 is 2. The van der Waals surface area contributed by atoms with Crippen molar-refractivity contribution in [3.63, 3.8) is 0 Å².